The van der Waals surface area contributed by atoms with Gasteiger partial charge in [-0.3, -0.25) is 9.59 Å². The molecule has 0 bridgehead atoms. The van der Waals surface area contributed by atoms with Crippen molar-refractivity contribution >= 4 is 55.8 Å². The molecule has 4 rings (SSSR count). The monoisotopic (exact) mass is 440 g/mol. The second-order valence-electron chi connectivity index (χ2n) is 6.85. The number of hydrogen-bond acceptors (Lipinski definition) is 7. The van der Waals surface area contributed by atoms with Crippen molar-refractivity contribution in [2.75, 3.05) is 17.7 Å². The lowest BCUT2D eigenvalue weighted by Gasteiger charge is -2.30. The van der Waals surface area contributed by atoms with E-state index < -0.39 is 23.7 Å². The highest BCUT2D eigenvalue weighted by Crippen LogP contribution is 2.51. The molecule has 3 heterocycles. The van der Waals surface area contributed by atoms with Gasteiger partial charge in [-0.15, -0.1) is 11.3 Å². The van der Waals surface area contributed by atoms with Crippen molar-refractivity contribution in [1.82, 2.24) is 4.98 Å². The number of halogens is 1. The van der Waals surface area contributed by atoms with E-state index in [9.17, 15) is 14.9 Å². The summed E-state index contributed by atoms with van der Waals surface area (Å²) in [5.41, 5.74) is 8.83. The Kier molecular flexibility index (Phi) is 5.10. The Bertz CT molecular complexity index is 1250. The van der Waals surface area contributed by atoms with E-state index >= 15 is 0 Å². The number of nitriles is 1. The zero-order valence-electron chi connectivity index (χ0n) is 16.2. The minimum atomic E-state index is -1.13. The van der Waals surface area contributed by atoms with Gasteiger partial charge in [0.2, 0.25) is 5.91 Å². The van der Waals surface area contributed by atoms with Gasteiger partial charge in [0, 0.05) is 16.5 Å². The van der Waals surface area contributed by atoms with Gasteiger partial charge in [-0.05, 0) is 31.0 Å². The first-order valence-corrected chi connectivity index (χ1v) is 10.4. The van der Waals surface area contributed by atoms with Crippen LogP contribution in [0.4, 0.5) is 10.8 Å². The second-order valence-corrected chi connectivity index (χ2v) is 8.28. The van der Waals surface area contributed by atoms with Crippen LogP contribution in [0, 0.1) is 24.2 Å². The molecule has 2 atom stereocenters. The number of nitrogens with two attached hydrogens (primary N) is 1. The summed E-state index contributed by atoms with van der Waals surface area (Å²) < 4.78 is 5.93. The highest BCUT2D eigenvalue weighted by Gasteiger charge is 2.45. The van der Waals surface area contributed by atoms with Crippen molar-refractivity contribution in [1.29, 1.82) is 5.26 Å². The van der Waals surface area contributed by atoms with Gasteiger partial charge in [0.15, 0.2) is 0 Å². The molecule has 1 aliphatic rings. The van der Waals surface area contributed by atoms with Gasteiger partial charge in [-0.25, -0.2) is 4.98 Å². The van der Waals surface area contributed by atoms with E-state index in [1.807, 2.05) is 0 Å². The fourth-order valence-corrected chi connectivity index (χ4v) is 5.30. The SMILES string of the molecule is CCOC(=O)[C@H]1C(=O)Nc2sc3c(C)c(C#N)c(N)nc3c2[C@@H]1c1ccccc1Cl. The van der Waals surface area contributed by atoms with Gasteiger partial charge >= 0.3 is 5.97 Å². The van der Waals surface area contributed by atoms with Crippen LogP contribution in [0.15, 0.2) is 24.3 Å². The van der Waals surface area contributed by atoms with Crippen molar-refractivity contribution in [2.45, 2.75) is 19.8 Å². The van der Waals surface area contributed by atoms with E-state index in [2.05, 4.69) is 16.4 Å². The van der Waals surface area contributed by atoms with Crippen molar-refractivity contribution in [3.05, 3.63) is 51.5 Å². The summed E-state index contributed by atoms with van der Waals surface area (Å²) >= 11 is 7.78. The second kappa shape index (κ2) is 7.59. The zero-order chi connectivity index (χ0) is 21.6. The average molecular weight is 441 g/mol. The zero-order valence-corrected chi connectivity index (χ0v) is 17.7. The number of anilines is 2. The Morgan fingerprint density at radius 3 is 2.83 bits per heavy atom. The molecule has 1 aromatic carbocycles. The summed E-state index contributed by atoms with van der Waals surface area (Å²) in [5, 5.41) is 13.2. The molecule has 7 nitrogen and oxygen atoms in total. The number of nitrogens with one attached hydrogen (secondary N) is 1. The molecule has 3 N–H and O–H groups in total. The number of carbonyl (C=O) groups is 2. The van der Waals surface area contributed by atoms with Crippen LogP contribution >= 0.6 is 22.9 Å². The van der Waals surface area contributed by atoms with E-state index in [4.69, 9.17) is 22.1 Å². The van der Waals surface area contributed by atoms with Gasteiger partial charge in [0.1, 0.15) is 22.8 Å². The molecular formula is C21H17ClN4O3S. The average Bonchev–Trinajstić information content (AvgIpc) is 3.06. The van der Waals surface area contributed by atoms with Crippen molar-refractivity contribution in [3.8, 4) is 6.07 Å². The van der Waals surface area contributed by atoms with Crippen molar-refractivity contribution in [2.24, 2.45) is 5.92 Å². The number of rotatable bonds is 3. The maximum atomic E-state index is 13.0. The molecule has 30 heavy (non-hydrogen) atoms. The maximum Gasteiger partial charge on any atom is 0.319 e. The number of nitrogens with zero attached hydrogens (tertiary/aromatic N) is 2. The minimum Gasteiger partial charge on any atom is -0.465 e. The lowest BCUT2D eigenvalue weighted by atomic mass is 9.78. The molecule has 0 spiro atoms. The lowest BCUT2D eigenvalue weighted by Crippen LogP contribution is -2.39. The number of benzene rings is 1. The number of nitrogen functional groups attached to an aromatic ring is 1. The summed E-state index contributed by atoms with van der Waals surface area (Å²) in [4.78, 5) is 30.2. The molecule has 0 aliphatic carbocycles. The Morgan fingerprint density at radius 2 is 2.17 bits per heavy atom. The standard InChI is InChI=1S/C21H17ClN4O3S/c1-3-29-21(28)15-13(10-6-4-5-7-12(10)22)14-16-17(30-20(14)26-19(15)27)9(2)11(8-23)18(24)25-16/h4-7,13,15H,3H2,1-2H3,(H2,24,25)(H,26,27)/t13-,15+/m0/s1. The molecule has 0 radical (unpaired) electrons. The molecule has 9 heteroatoms. The Balaban J connectivity index is 2.06. The Morgan fingerprint density at radius 1 is 1.43 bits per heavy atom. The smallest absolute Gasteiger partial charge is 0.319 e. The van der Waals surface area contributed by atoms with Gasteiger partial charge in [-0.2, -0.15) is 5.26 Å². The fourth-order valence-electron chi connectivity index (χ4n) is 3.85. The van der Waals surface area contributed by atoms with Crippen LogP contribution in [0.25, 0.3) is 10.2 Å². The predicted molar refractivity (Wildman–Crippen MR) is 116 cm³/mol. The topological polar surface area (TPSA) is 118 Å². The summed E-state index contributed by atoms with van der Waals surface area (Å²) in [5.74, 6) is -2.83. The third-order valence-corrected chi connectivity index (χ3v) is 6.75. The van der Waals surface area contributed by atoms with Crippen molar-refractivity contribution in [3.63, 3.8) is 0 Å². The fraction of sp³-hybridized carbons (Fsp3) is 0.238. The van der Waals surface area contributed by atoms with Gasteiger partial charge in [0.05, 0.1) is 22.4 Å². The molecule has 3 aromatic rings. The number of fused-ring (bicyclic) bond motifs is 3. The third kappa shape index (κ3) is 2.98. The van der Waals surface area contributed by atoms with Crippen LogP contribution < -0.4 is 11.1 Å². The third-order valence-electron chi connectivity index (χ3n) is 5.18. The molecule has 0 fully saturated rings. The summed E-state index contributed by atoms with van der Waals surface area (Å²) in [6.07, 6.45) is 0. The normalized spacial score (nSPS) is 17.9. The molecule has 0 saturated carbocycles. The number of carbonyl (C=O) groups excluding carboxylic acids is 2. The molecule has 1 aliphatic heterocycles. The van der Waals surface area contributed by atoms with Crippen molar-refractivity contribution < 1.29 is 14.3 Å². The first-order valence-electron chi connectivity index (χ1n) is 9.23. The van der Waals surface area contributed by atoms with E-state index in [0.717, 1.165) is 4.70 Å². The minimum absolute atomic E-state index is 0.102. The number of ether oxygens (including phenoxy) is 1. The number of aryl methyl sites for hydroxylation is 1. The van der Waals surface area contributed by atoms with Gasteiger partial charge < -0.3 is 15.8 Å². The Hall–Kier alpha value is -3.15. The first-order chi connectivity index (χ1) is 14.4. The van der Waals surface area contributed by atoms with E-state index in [1.54, 1.807) is 38.1 Å². The highest BCUT2D eigenvalue weighted by molar-refractivity contribution is 7.23. The molecule has 152 valence electrons. The molecule has 2 aromatic heterocycles. The van der Waals surface area contributed by atoms with Crippen LogP contribution in [0.5, 0.6) is 0 Å². The number of hydrogen-bond donors (Lipinski definition) is 2. The molecule has 0 saturated heterocycles. The van der Waals surface area contributed by atoms with Crippen LogP contribution in [0.2, 0.25) is 5.02 Å². The quantitative estimate of drug-likeness (QED) is 0.469. The molecular weight excluding hydrogens is 424 g/mol. The molecule has 1 amide bonds. The van der Waals surface area contributed by atoms with Crippen LogP contribution in [0.3, 0.4) is 0 Å². The predicted octanol–water partition coefficient (Wildman–Crippen LogP) is 3.98. The number of amides is 1. The van der Waals surface area contributed by atoms with E-state index in [1.165, 1.54) is 11.3 Å². The summed E-state index contributed by atoms with van der Waals surface area (Å²) in [7, 11) is 0. The van der Waals surface area contributed by atoms with E-state index in [-0.39, 0.29) is 12.4 Å². The Labute approximate surface area is 181 Å². The van der Waals surface area contributed by atoms with E-state index in [0.29, 0.717) is 37.8 Å². The number of aromatic nitrogens is 1. The maximum absolute atomic E-state index is 13.0. The first kappa shape index (κ1) is 20.1. The number of esters is 1. The van der Waals surface area contributed by atoms with Gasteiger partial charge in [0.25, 0.3) is 0 Å². The lowest BCUT2D eigenvalue weighted by molar-refractivity contribution is -0.151. The van der Waals surface area contributed by atoms with Crippen LogP contribution in [-0.2, 0) is 14.3 Å². The molecule has 0 unspecified atom stereocenters. The van der Waals surface area contributed by atoms with Crippen LogP contribution in [0.1, 0.15) is 35.1 Å². The van der Waals surface area contributed by atoms with Crippen LogP contribution in [-0.4, -0.2) is 23.5 Å². The van der Waals surface area contributed by atoms with Gasteiger partial charge in [-0.1, -0.05) is 29.8 Å². The largest absolute Gasteiger partial charge is 0.465 e. The summed E-state index contributed by atoms with van der Waals surface area (Å²) in [6.45, 7) is 3.62. The summed E-state index contributed by atoms with van der Waals surface area (Å²) in [6, 6.07) is 9.14. The highest BCUT2D eigenvalue weighted by atomic mass is 35.5. The number of pyridine rings is 1. The number of thiophene rings is 1.